The molecule has 0 saturated carbocycles. The minimum absolute atomic E-state index is 0.0514. The third-order valence-electron chi connectivity index (χ3n) is 6.67. The number of likely N-dealkylation sites (tertiary alicyclic amines) is 1. The summed E-state index contributed by atoms with van der Waals surface area (Å²) < 4.78 is 14.6. The molecular weight excluding hydrogens is 490 g/mol. The topological polar surface area (TPSA) is 125 Å². The number of benzene rings is 2. The highest BCUT2D eigenvalue weighted by Crippen LogP contribution is 2.31. The minimum Gasteiger partial charge on any atom is -0.366 e. The third-order valence-corrected chi connectivity index (χ3v) is 8.09. The van der Waals surface area contributed by atoms with Crippen LogP contribution in [0.4, 0.5) is 0 Å². The van der Waals surface area contributed by atoms with Gasteiger partial charge in [-0.05, 0) is 42.0 Å². The van der Waals surface area contributed by atoms with Crippen molar-refractivity contribution in [3.8, 4) is 0 Å². The highest BCUT2D eigenvalue weighted by molar-refractivity contribution is 7.97. The Morgan fingerprint density at radius 3 is 2.49 bits per heavy atom. The molecule has 0 spiro atoms. The summed E-state index contributed by atoms with van der Waals surface area (Å²) in [5.41, 5.74) is 6.27. The largest absolute Gasteiger partial charge is 0.366 e. The average Bonchev–Trinajstić information content (AvgIpc) is 2.87. The zero-order valence-corrected chi connectivity index (χ0v) is 22.3. The van der Waals surface area contributed by atoms with E-state index in [0.29, 0.717) is 0 Å². The number of hydrogen-bond acceptors (Lipinski definition) is 5. The van der Waals surface area contributed by atoms with Crippen molar-refractivity contribution < 1.29 is 18.6 Å². The number of carbonyl (C=O) groups excluding carboxylic acids is 3. The first-order valence-corrected chi connectivity index (χ1v) is 14.5. The second-order valence-electron chi connectivity index (χ2n) is 9.43. The summed E-state index contributed by atoms with van der Waals surface area (Å²) in [5.74, 6) is 2.42. The van der Waals surface area contributed by atoms with Crippen LogP contribution in [0.25, 0.3) is 10.8 Å². The van der Waals surface area contributed by atoms with Crippen molar-refractivity contribution in [2.24, 2.45) is 5.73 Å². The summed E-state index contributed by atoms with van der Waals surface area (Å²) in [6.45, 7) is 3.64. The summed E-state index contributed by atoms with van der Waals surface area (Å²) in [5, 5.41) is 7.58. The van der Waals surface area contributed by atoms with Crippen molar-refractivity contribution in [3.63, 3.8) is 0 Å². The number of hydrogen-bond donors (Lipinski definition) is 3. The molecule has 4 N–H and O–H groups in total. The van der Waals surface area contributed by atoms with Crippen LogP contribution in [-0.2, 0) is 24.1 Å². The molecule has 1 aliphatic rings. The summed E-state index contributed by atoms with van der Waals surface area (Å²) >= 11 is 0. The maximum atomic E-state index is 13.0. The molecular formula is C27H37N5O4S. The molecule has 0 aromatic heterocycles. The Labute approximate surface area is 219 Å². The monoisotopic (exact) mass is 527 g/mol. The molecule has 2 aromatic rings. The van der Waals surface area contributed by atoms with E-state index in [1.165, 1.54) is 22.4 Å². The average molecular weight is 528 g/mol. The van der Waals surface area contributed by atoms with Crippen LogP contribution in [0.1, 0.15) is 31.4 Å². The van der Waals surface area contributed by atoms with E-state index in [1.807, 2.05) is 6.07 Å². The molecule has 1 fully saturated rings. The van der Waals surface area contributed by atoms with Crippen molar-refractivity contribution in [2.75, 3.05) is 39.0 Å². The quantitative estimate of drug-likeness (QED) is 0.299. The lowest BCUT2D eigenvalue weighted by Gasteiger charge is -2.41. The van der Waals surface area contributed by atoms with E-state index in [1.54, 1.807) is 10.6 Å². The van der Waals surface area contributed by atoms with Crippen LogP contribution >= 0.6 is 0 Å². The zero-order valence-electron chi connectivity index (χ0n) is 21.5. The highest BCUT2D eigenvalue weighted by Gasteiger charge is 2.31. The molecule has 2 unspecified atom stereocenters. The SMILES string of the molecule is C=S(C)(=O)N(CC(=O)NCC(=O)NC/C=C/C(N)=O)C1CCN(C(C)c2cccc3ccccc23)CC1. The fourth-order valence-electron chi connectivity index (χ4n) is 4.74. The number of fused-ring (bicyclic) bond motifs is 1. The lowest BCUT2D eigenvalue weighted by atomic mass is 9.96. The molecule has 200 valence electrons. The summed E-state index contributed by atoms with van der Waals surface area (Å²) in [6, 6.07) is 14.9. The van der Waals surface area contributed by atoms with E-state index in [-0.39, 0.29) is 31.7 Å². The molecule has 1 saturated heterocycles. The molecule has 3 amide bonds. The Morgan fingerprint density at radius 2 is 1.81 bits per heavy atom. The Morgan fingerprint density at radius 1 is 1.14 bits per heavy atom. The normalized spacial score (nSPS) is 17.5. The van der Waals surface area contributed by atoms with Crippen LogP contribution in [0.2, 0.25) is 0 Å². The maximum absolute atomic E-state index is 13.0. The lowest BCUT2D eigenvalue weighted by Crippen LogP contribution is -2.51. The fraction of sp³-hybridized carbons (Fsp3) is 0.407. The molecule has 0 bridgehead atoms. The van der Waals surface area contributed by atoms with Gasteiger partial charge >= 0.3 is 0 Å². The van der Waals surface area contributed by atoms with Gasteiger partial charge in [0.25, 0.3) is 0 Å². The second kappa shape index (κ2) is 12.8. The number of nitrogens with two attached hydrogens (primary N) is 1. The molecule has 2 atom stereocenters. The molecule has 37 heavy (non-hydrogen) atoms. The summed E-state index contributed by atoms with van der Waals surface area (Å²) in [7, 11) is -2.64. The predicted molar refractivity (Wildman–Crippen MR) is 149 cm³/mol. The van der Waals surface area contributed by atoms with E-state index in [0.717, 1.165) is 32.0 Å². The first-order chi connectivity index (χ1) is 17.6. The van der Waals surface area contributed by atoms with Crippen LogP contribution < -0.4 is 16.4 Å². The van der Waals surface area contributed by atoms with Gasteiger partial charge in [-0.15, -0.1) is 0 Å². The van der Waals surface area contributed by atoms with Gasteiger partial charge < -0.3 is 16.4 Å². The fourth-order valence-corrected chi connectivity index (χ4v) is 5.97. The Hall–Kier alpha value is -3.21. The van der Waals surface area contributed by atoms with Crippen LogP contribution in [0.15, 0.2) is 54.6 Å². The van der Waals surface area contributed by atoms with Gasteiger partial charge in [-0.3, -0.25) is 23.5 Å². The summed E-state index contributed by atoms with van der Waals surface area (Å²) in [4.78, 5) is 37.6. The Balaban J connectivity index is 1.55. The molecule has 1 heterocycles. The Kier molecular flexibility index (Phi) is 9.85. The van der Waals surface area contributed by atoms with Crippen molar-refractivity contribution >= 4 is 44.1 Å². The first kappa shape index (κ1) is 28.4. The van der Waals surface area contributed by atoms with Gasteiger partial charge in [0.15, 0.2) is 0 Å². The smallest absolute Gasteiger partial charge is 0.241 e. The third kappa shape index (κ3) is 8.14. The first-order valence-electron chi connectivity index (χ1n) is 12.4. The standard InChI is InChI=1S/C27H37N5O4S/c1-20(23-11-6-9-21-8-4-5-10-24(21)23)31-16-13-22(14-17-31)32(37(2,3)36)19-27(35)30-18-26(34)29-15-7-12-25(28)33/h4-12,20,22H,2,13-19H2,1,3H3,(H2,28,33)(H,29,34)(H,30,35)/b12-7+. The summed E-state index contributed by atoms with van der Waals surface area (Å²) in [6.07, 6.45) is 5.64. The van der Waals surface area contributed by atoms with Gasteiger partial charge in [0.05, 0.1) is 13.1 Å². The van der Waals surface area contributed by atoms with E-state index in [2.05, 4.69) is 64.7 Å². The van der Waals surface area contributed by atoms with Crippen molar-refractivity contribution in [2.45, 2.75) is 31.8 Å². The van der Waals surface area contributed by atoms with Crippen LogP contribution in [-0.4, -0.2) is 82.0 Å². The van der Waals surface area contributed by atoms with Crippen molar-refractivity contribution in [1.29, 1.82) is 0 Å². The van der Waals surface area contributed by atoms with E-state index in [4.69, 9.17) is 5.73 Å². The highest BCUT2D eigenvalue weighted by atomic mass is 32.2. The van der Waals surface area contributed by atoms with Crippen LogP contribution in [0.3, 0.4) is 0 Å². The van der Waals surface area contributed by atoms with Gasteiger partial charge in [0.1, 0.15) is 0 Å². The van der Waals surface area contributed by atoms with E-state index in [9.17, 15) is 18.6 Å². The molecule has 1 aliphatic heterocycles. The number of rotatable bonds is 11. The predicted octanol–water partition coefficient (Wildman–Crippen LogP) is 1.20. The van der Waals surface area contributed by atoms with Gasteiger partial charge in [-0.1, -0.05) is 48.5 Å². The van der Waals surface area contributed by atoms with Crippen LogP contribution in [0.5, 0.6) is 0 Å². The van der Waals surface area contributed by atoms with Crippen LogP contribution in [0, 0.1) is 0 Å². The number of piperidine rings is 1. The second-order valence-corrected chi connectivity index (χ2v) is 11.8. The molecule has 0 aliphatic carbocycles. The molecule has 10 heteroatoms. The van der Waals surface area contributed by atoms with Gasteiger partial charge in [0, 0.05) is 53.8 Å². The van der Waals surface area contributed by atoms with Gasteiger partial charge in [0.2, 0.25) is 17.7 Å². The molecule has 3 rings (SSSR count). The molecule has 2 aromatic carbocycles. The number of nitrogens with zero attached hydrogens (tertiary/aromatic N) is 2. The molecule has 9 nitrogen and oxygen atoms in total. The zero-order chi connectivity index (χ0) is 27.0. The molecule has 0 radical (unpaired) electrons. The van der Waals surface area contributed by atoms with Crippen molar-refractivity contribution in [3.05, 3.63) is 60.2 Å². The van der Waals surface area contributed by atoms with Crippen molar-refractivity contribution in [1.82, 2.24) is 19.8 Å². The lowest BCUT2D eigenvalue weighted by molar-refractivity contribution is -0.126. The number of carbonyl (C=O) groups is 3. The number of nitrogens with one attached hydrogen (secondary N) is 2. The number of primary amides is 1. The minimum atomic E-state index is -2.64. The number of amides is 3. The van der Waals surface area contributed by atoms with Gasteiger partial charge in [-0.25, -0.2) is 4.31 Å². The van der Waals surface area contributed by atoms with E-state index < -0.39 is 27.4 Å². The van der Waals surface area contributed by atoms with E-state index >= 15 is 0 Å². The maximum Gasteiger partial charge on any atom is 0.241 e. The van der Waals surface area contributed by atoms with Gasteiger partial charge in [-0.2, -0.15) is 0 Å². The Bertz CT molecular complexity index is 1250.